The lowest BCUT2D eigenvalue weighted by atomic mass is 9.48. The molecule has 0 atom stereocenters. The van der Waals surface area contributed by atoms with E-state index in [0.717, 1.165) is 40.3 Å². The zero-order valence-corrected chi connectivity index (χ0v) is 15.4. The van der Waals surface area contributed by atoms with Crippen LogP contribution in [0.15, 0.2) is 42.6 Å². The van der Waals surface area contributed by atoms with Crippen molar-refractivity contribution >= 4 is 11.6 Å². The summed E-state index contributed by atoms with van der Waals surface area (Å²) in [7, 11) is 0. The molecule has 26 heavy (non-hydrogen) atoms. The third-order valence-electron chi connectivity index (χ3n) is 6.88. The van der Waals surface area contributed by atoms with Crippen molar-refractivity contribution in [3.8, 4) is 0 Å². The molecule has 1 N–H and O–H groups in total. The van der Waals surface area contributed by atoms with Gasteiger partial charge in [-0.1, -0.05) is 12.1 Å². The molecule has 0 aliphatic heterocycles. The molecule has 0 radical (unpaired) electrons. The van der Waals surface area contributed by atoms with Gasteiger partial charge in [-0.25, -0.2) is 0 Å². The first kappa shape index (κ1) is 16.0. The van der Waals surface area contributed by atoms with Crippen molar-refractivity contribution in [1.29, 1.82) is 0 Å². The highest BCUT2D eigenvalue weighted by atomic mass is 16.1. The van der Waals surface area contributed by atoms with E-state index in [1.165, 1.54) is 38.5 Å². The topological polar surface area (TPSA) is 42.0 Å². The van der Waals surface area contributed by atoms with E-state index in [4.69, 9.17) is 4.98 Å². The molecule has 6 rings (SSSR count). The Balaban J connectivity index is 1.42. The van der Waals surface area contributed by atoms with E-state index in [-0.39, 0.29) is 11.3 Å². The van der Waals surface area contributed by atoms with Gasteiger partial charge in [0.05, 0.1) is 0 Å². The zero-order valence-electron chi connectivity index (χ0n) is 15.4. The van der Waals surface area contributed by atoms with Gasteiger partial charge in [0.15, 0.2) is 0 Å². The minimum atomic E-state index is -0.0380. The average molecular weight is 346 g/mol. The number of aromatic nitrogens is 1. The quantitative estimate of drug-likeness (QED) is 0.839. The van der Waals surface area contributed by atoms with Gasteiger partial charge in [0.25, 0.3) is 5.91 Å². The molecule has 1 heterocycles. The first-order chi connectivity index (χ1) is 12.6. The fourth-order valence-electron chi connectivity index (χ4n) is 6.21. The summed E-state index contributed by atoms with van der Waals surface area (Å²) in [6.07, 6.45) is 9.92. The van der Waals surface area contributed by atoms with Gasteiger partial charge in [0, 0.05) is 28.6 Å². The molecular formula is C23H26N2O. The van der Waals surface area contributed by atoms with E-state index in [0.29, 0.717) is 0 Å². The lowest BCUT2D eigenvalue weighted by Gasteiger charge is -2.56. The zero-order chi connectivity index (χ0) is 17.7. The number of hydrogen-bond donors (Lipinski definition) is 1. The van der Waals surface area contributed by atoms with E-state index >= 15 is 0 Å². The summed E-state index contributed by atoms with van der Waals surface area (Å²) in [5, 5.41) is 3.03. The van der Waals surface area contributed by atoms with Gasteiger partial charge in [0.2, 0.25) is 0 Å². The number of hydrogen-bond acceptors (Lipinski definition) is 2. The average Bonchev–Trinajstić information content (AvgIpc) is 2.61. The number of nitrogens with one attached hydrogen (secondary N) is 1. The van der Waals surface area contributed by atoms with Crippen LogP contribution in [0.2, 0.25) is 0 Å². The highest BCUT2D eigenvalue weighted by molar-refractivity contribution is 6.04. The van der Waals surface area contributed by atoms with E-state index < -0.39 is 0 Å². The third kappa shape index (κ3) is 2.74. The van der Waals surface area contributed by atoms with Gasteiger partial charge in [-0.3, -0.25) is 9.78 Å². The normalized spacial score (nSPS) is 31.8. The monoisotopic (exact) mass is 346 g/mol. The molecular weight excluding hydrogens is 320 g/mol. The van der Waals surface area contributed by atoms with Crippen LogP contribution in [0.3, 0.4) is 0 Å². The van der Waals surface area contributed by atoms with Gasteiger partial charge >= 0.3 is 0 Å². The number of nitrogens with zero attached hydrogens (tertiary/aromatic N) is 1. The highest BCUT2D eigenvalue weighted by Crippen LogP contribution is 2.60. The lowest BCUT2D eigenvalue weighted by Crippen LogP contribution is -2.49. The fourth-order valence-corrected chi connectivity index (χ4v) is 6.21. The second-order valence-corrected chi connectivity index (χ2v) is 8.95. The Morgan fingerprint density at radius 2 is 1.73 bits per heavy atom. The number of pyridine rings is 1. The number of rotatable bonds is 3. The molecule has 134 valence electrons. The fraction of sp³-hybridized carbons (Fsp3) is 0.478. The highest BCUT2D eigenvalue weighted by Gasteiger charge is 2.52. The summed E-state index contributed by atoms with van der Waals surface area (Å²) in [5.74, 6) is 2.61. The van der Waals surface area contributed by atoms with Gasteiger partial charge < -0.3 is 5.32 Å². The van der Waals surface area contributed by atoms with Crippen LogP contribution in [-0.2, 0) is 5.41 Å². The van der Waals surface area contributed by atoms with E-state index in [1.807, 2.05) is 43.5 Å². The molecule has 4 saturated carbocycles. The molecule has 0 unspecified atom stereocenters. The molecule has 4 bridgehead atoms. The second-order valence-electron chi connectivity index (χ2n) is 8.95. The van der Waals surface area contributed by atoms with Crippen LogP contribution < -0.4 is 5.32 Å². The third-order valence-corrected chi connectivity index (χ3v) is 6.88. The molecule has 1 amide bonds. The lowest BCUT2D eigenvalue weighted by molar-refractivity contribution is -0.00721. The number of carbonyl (C=O) groups excluding carboxylic acids is 1. The van der Waals surface area contributed by atoms with Crippen LogP contribution in [0.25, 0.3) is 0 Å². The van der Waals surface area contributed by atoms with E-state index in [9.17, 15) is 4.79 Å². The molecule has 2 aromatic rings. The molecule has 1 aromatic carbocycles. The number of aryl methyl sites for hydroxylation is 1. The summed E-state index contributed by atoms with van der Waals surface area (Å²) in [5.41, 5.74) is 4.12. The maximum Gasteiger partial charge on any atom is 0.255 e. The molecule has 4 aliphatic carbocycles. The Kier molecular flexibility index (Phi) is 3.66. The maximum absolute atomic E-state index is 12.8. The standard InChI is InChI=1S/C23H26N2O/c1-15-3-2-4-20(7-15)25-22(26)19-5-6-24-21(11-19)23-12-16-8-17(13-23)10-18(9-16)14-23/h2-7,11,16-18H,8-10,12-14H2,1H3,(H,25,26). The van der Waals surface area contributed by atoms with Gasteiger partial charge in [0.1, 0.15) is 0 Å². The Morgan fingerprint density at radius 3 is 2.38 bits per heavy atom. The predicted molar refractivity (Wildman–Crippen MR) is 103 cm³/mol. The van der Waals surface area contributed by atoms with Crippen LogP contribution in [0.1, 0.15) is 60.1 Å². The van der Waals surface area contributed by atoms with Gasteiger partial charge in [-0.2, -0.15) is 0 Å². The Hall–Kier alpha value is -2.16. The molecule has 0 spiro atoms. The Labute approximate surface area is 155 Å². The summed E-state index contributed by atoms with van der Waals surface area (Å²) < 4.78 is 0. The van der Waals surface area contributed by atoms with E-state index in [2.05, 4.69) is 11.4 Å². The molecule has 0 saturated heterocycles. The first-order valence-corrected chi connectivity index (χ1v) is 9.94. The summed E-state index contributed by atoms with van der Waals surface area (Å²) in [6, 6.07) is 11.9. The van der Waals surface area contributed by atoms with Crippen molar-refractivity contribution in [2.75, 3.05) is 5.32 Å². The Bertz CT molecular complexity index is 822. The number of amides is 1. The molecule has 1 aromatic heterocycles. The SMILES string of the molecule is Cc1cccc(NC(=O)c2ccnc(C34CC5CC(CC(C5)C3)C4)c2)c1. The van der Waals surface area contributed by atoms with Crippen molar-refractivity contribution < 1.29 is 4.79 Å². The first-order valence-electron chi connectivity index (χ1n) is 9.94. The van der Waals surface area contributed by atoms with Crippen LogP contribution in [-0.4, -0.2) is 10.9 Å². The molecule has 3 heteroatoms. The van der Waals surface area contributed by atoms with Crippen LogP contribution in [0, 0.1) is 24.7 Å². The molecule has 3 nitrogen and oxygen atoms in total. The largest absolute Gasteiger partial charge is 0.322 e. The van der Waals surface area contributed by atoms with Crippen LogP contribution >= 0.6 is 0 Å². The summed E-state index contributed by atoms with van der Waals surface area (Å²) >= 11 is 0. The number of benzene rings is 1. The van der Waals surface area contributed by atoms with Crippen LogP contribution in [0.4, 0.5) is 5.69 Å². The van der Waals surface area contributed by atoms with Crippen molar-refractivity contribution in [3.05, 3.63) is 59.4 Å². The minimum Gasteiger partial charge on any atom is -0.322 e. The second kappa shape index (κ2) is 5.94. The van der Waals surface area contributed by atoms with Crippen LogP contribution in [0.5, 0.6) is 0 Å². The summed E-state index contributed by atoms with van der Waals surface area (Å²) in [4.78, 5) is 17.5. The van der Waals surface area contributed by atoms with Crippen molar-refractivity contribution in [2.45, 2.75) is 50.9 Å². The molecule has 4 fully saturated rings. The minimum absolute atomic E-state index is 0.0380. The van der Waals surface area contributed by atoms with Gasteiger partial charge in [-0.05, 0) is 93.0 Å². The van der Waals surface area contributed by atoms with Gasteiger partial charge in [-0.15, -0.1) is 0 Å². The maximum atomic E-state index is 12.8. The van der Waals surface area contributed by atoms with Crippen molar-refractivity contribution in [2.24, 2.45) is 17.8 Å². The predicted octanol–water partition coefficient (Wildman–Crippen LogP) is 5.11. The summed E-state index contributed by atoms with van der Waals surface area (Å²) in [6.45, 7) is 2.03. The number of carbonyl (C=O) groups is 1. The van der Waals surface area contributed by atoms with Crippen molar-refractivity contribution in [1.82, 2.24) is 4.98 Å². The number of anilines is 1. The van der Waals surface area contributed by atoms with Crippen molar-refractivity contribution in [3.63, 3.8) is 0 Å². The Morgan fingerprint density at radius 1 is 1.04 bits per heavy atom. The van der Waals surface area contributed by atoms with E-state index in [1.54, 1.807) is 0 Å². The molecule has 4 aliphatic rings. The smallest absolute Gasteiger partial charge is 0.255 e.